The molecular formula is C14H20BrN. The van der Waals surface area contributed by atoms with Gasteiger partial charge in [-0.25, -0.2) is 0 Å². The van der Waals surface area contributed by atoms with Crippen molar-refractivity contribution in [3.63, 3.8) is 0 Å². The largest absolute Gasteiger partial charge is 0.371 e. The molecule has 0 radical (unpaired) electrons. The molecule has 0 N–H and O–H groups in total. The van der Waals surface area contributed by atoms with Gasteiger partial charge in [-0.3, -0.25) is 0 Å². The zero-order chi connectivity index (χ0) is 11.7. The minimum atomic E-state index is 0.815. The monoisotopic (exact) mass is 281 g/mol. The van der Waals surface area contributed by atoms with Crippen molar-refractivity contribution in [1.29, 1.82) is 0 Å². The third-order valence-electron chi connectivity index (χ3n) is 3.74. The zero-order valence-electron chi connectivity index (χ0n) is 10.3. The number of anilines is 1. The fourth-order valence-electron chi connectivity index (χ4n) is 2.48. The smallest absolute Gasteiger partial charge is 0.0396 e. The highest BCUT2D eigenvalue weighted by Crippen LogP contribution is 2.30. The van der Waals surface area contributed by atoms with Crippen molar-refractivity contribution < 1.29 is 0 Å². The van der Waals surface area contributed by atoms with E-state index in [1.807, 2.05) is 0 Å². The average Bonchev–Trinajstić information content (AvgIpc) is 2.58. The first-order valence-corrected chi connectivity index (χ1v) is 7.14. The number of aryl methyl sites for hydroxylation is 1. The molecule has 2 atom stereocenters. The first-order valence-electron chi connectivity index (χ1n) is 6.02. The van der Waals surface area contributed by atoms with Crippen molar-refractivity contribution in [2.24, 2.45) is 11.8 Å². The molecule has 1 aliphatic rings. The molecular weight excluding hydrogens is 262 g/mol. The van der Waals surface area contributed by atoms with E-state index in [0.717, 1.165) is 17.2 Å². The number of hydrogen-bond donors (Lipinski definition) is 0. The van der Waals surface area contributed by atoms with Crippen LogP contribution in [0.2, 0.25) is 0 Å². The molecule has 2 heteroatoms. The number of halogens is 1. The molecule has 1 nitrogen and oxygen atoms in total. The predicted molar refractivity (Wildman–Crippen MR) is 74.4 cm³/mol. The maximum atomic E-state index is 3.51. The van der Waals surface area contributed by atoms with Crippen molar-refractivity contribution in [1.82, 2.24) is 0 Å². The van der Waals surface area contributed by atoms with Gasteiger partial charge in [0.2, 0.25) is 0 Å². The number of rotatable bonds is 2. The van der Waals surface area contributed by atoms with Crippen molar-refractivity contribution in [3.05, 3.63) is 29.3 Å². The molecule has 16 heavy (non-hydrogen) atoms. The lowest BCUT2D eigenvalue weighted by molar-refractivity contribution is 0.494. The Bertz CT molecular complexity index is 365. The van der Waals surface area contributed by atoms with Gasteiger partial charge in [-0.1, -0.05) is 41.9 Å². The Labute approximate surface area is 107 Å². The van der Waals surface area contributed by atoms with E-state index in [-0.39, 0.29) is 0 Å². The summed E-state index contributed by atoms with van der Waals surface area (Å²) in [6.45, 7) is 9.33. The van der Waals surface area contributed by atoms with E-state index in [1.165, 1.54) is 29.9 Å². The number of hydrogen-bond acceptors (Lipinski definition) is 1. The van der Waals surface area contributed by atoms with Crippen LogP contribution >= 0.6 is 15.9 Å². The van der Waals surface area contributed by atoms with E-state index in [2.05, 4.69) is 59.8 Å². The van der Waals surface area contributed by atoms with Crippen molar-refractivity contribution in [2.75, 3.05) is 18.0 Å². The molecule has 0 bridgehead atoms. The van der Waals surface area contributed by atoms with Crippen LogP contribution < -0.4 is 4.90 Å². The van der Waals surface area contributed by atoms with Crippen molar-refractivity contribution >= 4 is 21.6 Å². The molecule has 2 unspecified atom stereocenters. The predicted octanol–water partition coefficient (Wildman–Crippen LogP) is 3.98. The minimum Gasteiger partial charge on any atom is -0.371 e. The van der Waals surface area contributed by atoms with E-state index >= 15 is 0 Å². The van der Waals surface area contributed by atoms with Crippen molar-refractivity contribution in [2.45, 2.75) is 26.1 Å². The van der Waals surface area contributed by atoms with Crippen LogP contribution in [0.3, 0.4) is 0 Å². The van der Waals surface area contributed by atoms with Crippen molar-refractivity contribution in [3.8, 4) is 0 Å². The van der Waals surface area contributed by atoms with Gasteiger partial charge in [-0.2, -0.15) is 0 Å². The summed E-state index contributed by atoms with van der Waals surface area (Å²) in [4.78, 5) is 2.53. The second-order valence-electron chi connectivity index (χ2n) is 5.11. The van der Waals surface area contributed by atoms with Gasteiger partial charge in [0.1, 0.15) is 0 Å². The van der Waals surface area contributed by atoms with E-state index in [4.69, 9.17) is 0 Å². The third-order valence-corrected chi connectivity index (χ3v) is 4.39. The molecule has 1 saturated heterocycles. The highest BCUT2D eigenvalue weighted by molar-refractivity contribution is 9.08. The quantitative estimate of drug-likeness (QED) is 0.742. The highest BCUT2D eigenvalue weighted by atomic mass is 79.9. The zero-order valence-corrected chi connectivity index (χ0v) is 11.9. The molecule has 1 heterocycles. The summed E-state index contributed by atoms with van der Waals surface area (Å²) in [5, 5.41) is 0.945. The topological polar surface area (TPSA) is 3.24 Å². The summed E-state index contributed by atoms with van der Waals surface area (Å²) >= 11 is 3.51. The van der Waals surface area contributed by atoms with Gasteiger partial charge in [0.25, 0.3) is 0 Å². The number of benzene rings is 1. The molecule has 1 aliphatic heterocycles. The van der Waals surface area contributed by atoms with Gasteiger partial charge in [-0.15, -0.1) is 0 Å². The average molecular weight is 282 g/mol. The fraction of sp³-hybridized carbons (Fsp3) is 0.571. The minimum absolute atomic E-state index is 0.815. The van der Waals surface area contributed by atoms with E-state index in [9.17, 15) is 0 Å². The van der Waals surface area contributed by atoms with Gasteiger partial charge in [-0.05, 0) is 36.0 Å². The Balaban J connectivity index is 2.22. The van der Waals surface area contributed by atoms with Gasteiger partial charge >= 0.3 is 0 Å². The van der Waals surface area contributed by atoms with Crippen LogP contribution in [0.4, 0.5) is 5.69 Å². The van der Waals surface area contributed by atoms with Crippen LogP contribution in [-0.4, -0.2) is 13.1 Å². The lowest BCUT2D eigenvalue weighted by atomic mass is 10.0. The lowest BCUT2D eigenvalue weighted by Crippen LogP contribution is -2.20. The molecule has 0 saturated carbocycles. The van der Waals surface area contributed by atoms with Crippen LogP contribution in [-0.2, 0) is 5.33 Å². The van der Waals surface area contributed by atoms with Gasteiger partial charge in [0.15, 0.2) is 0 Å². The summed E-state index contributed by atoms with van der Waals surface area (Å²) < 4.78 is 0. The highest BCUT2D eigenvalue weighted by Gasteiger charge is 2.26. The Morgan fingerprint density at radius 2 is 1.88 bits per heavy atom. The van der Waals surface area contributed by atoms with Crippen LogP contribution in [0.25, 0.3) is 0 Å². The van der Waals surface area contributed by atoms with Crippen LogP contribution in [0.1, 0.15) is 25.0 Å². The first kappa shape index (κ1) is 12.0. The molecule has 0 amide bonds. The second kappa shape index (κ2) is 4.79. The lowest BCUT2D eigenvalue weighted by Gasteiger charge is -2.21. The third kappa shape index (κ3) is 2.27. The van der Waals surface area contributed by atoms with Crippen LogP contribution in [0.5, 0.6) is 0 Å². The fourth-order valence-corrected chi connectivity index (χ4v) is 2.83. The van der Waals surface area contributed by atoms with Crippen LogP contribution in [0.15, 0.2) is 18.2 Å². The summed E-state index contributed by atoms with van der Waals surface area (Å²) in [6.07, 6.45) is 0. The van der Waals surface area contributed by atoms with E-state index in [0.29, 0.717) is 0 Å². The molecule has 2 rings (SSSR count). The molecule has 88 valence electrons. The molecule has 0 spiro atoms. The number of alkyl halides is 1. The van der Waals surface area contributed by atoms with E-state index < -0.39 is 0 Å². The Kier molecular flexibility index (Phi) is 3.58. The summed E-state index contributed by atoms with van der Waals surface area (Å²) in [5.74, 6) is 1.63. The summed E-state index contributed by atoms with van der Waals surface area (Å²) in [6, 6.07) is 6.79. The van der Waals surface area contributed by atoms with Gasteiger partial charge in [0.05, 0.1) is 0 Å². The molecule has 0 aromatic heterocycles. The standard InChI is InChI=1S/C14H20BrN/c1-10-6-13(7-15)4-5-14(10)16-8-11(2)12(3)9-16/h4-6,11-12H,7-9H2,1-3H3. The Hall–Kier alpha value is -0.500. The van der Waals surface area contributed by atoms with Gasteiger partial charge < -0.3 is 4.90 Å². The normalized spacial score (nSPS) is 25.1. The molecule has 1 aromatic carbocycles. The Morgan fingerprint density at radius 1 is 1.25 bits per heavy atom. The first-order chi connectivity index (χ1) is 7.61. The Morgan fingerprint density at radius 3 is 2.38 bits per heavy atom. The van der Waals surface area contributed by atoms with Gasteiger partial charge in [0, 0.05) is 24.1 Å². The maximum absolute atomic E-state index is 3.51. The molecule has 1 aromatic rings. The maximum Gasteiger partial charge on any atom is 0.0396 e. The van der Waals surface area contributed by atoms with Crippen LogP contribution in [0, 0.1) is 18.8 Å². The van der Waals surface area contributed by atoms with E-state index in [1.54, 1.807) is 0 Å². The second-order valence-corrected chi connectivity index (χ2v) is 5.67. The summed E-state index contributed by atoms with van der Waals surface area (Å²) in [5.41, 5.74) is 4.18. The molecule has 0 aliphatic carbocycles. The molecule has 1 fully saturated rings. The SMILES string of the molecule is Cc1cc(CBr)ccc1N1CC(C)C(C)C1. The number of nitrogens with zero attached hydrogens (tertiary/aromatic N) is 1. The summed E-state index contributed by atoms with van der Waals surface area (Å²) in [7, 11) is 0.